The Kier molecular flexibility index (Phi) is 8.41. The van der Waals surface area contributed by atoms with Crippen molar-refractivity contribution in [1.82, 2.24) is 20.0 Å². The van der Waals surface area contributed by atoms with Gasteiger partial charge in [-0.15, -0.1) is 24.0 Å². The number of benzene rings is 1. The predicted molar refractivity (Wildman–Crippen MR) is 132 cm³/mol. The molecule has 1 saturated carbocycles. The summed E-state index contributed by atoms with van der Waals surface area (Å²) in [5, 5.41) is 7.78. The Labute approximate surface area is 197 Å². The second kappa shape index (κ2) is 11.0. The van der Waals surface area contributed by atoms with Gasteiger partial charge in [0.15, 0.2) is 5.96 Å². The minimum atomic E-state index is 0. The van der Waals surface area contributed by atoms with E-state index in [9.17, 15) is 0 Å². The van der Waals surface area contributed by atoms with E-state index in [1.54, 1.807) is 0 Å². The highest BCUT2D eigenvalue weighted by Gasteiger charge is 2.25. The van der Waals surface area contributed by atoms with Crippen molar-refractivity contribution in [2.24, 2.45) is 18.0 Å². The van der Waals surface area contributed by atoms with E-state index >= 15 is 0 Å². The van der Waals surface area contributed by atoms with Gasteiger partial charge in [-0.2, -0.15) is 5.10 Å². The third kappa shape index (κ3) is 5.89. The van der Waals surface area contributed by atoms with Crippen molar-refractivity contribution < 1.29 is 4.74 Å². The average Bonchev–Trinajstić information content (AvgIpc) is 3.32. The summed E-state index contributed by atoms with van der Waals surface area (Å²) in [5.74, 6) is 2.66. The fraction of sp³-hybridized carbons (Fsp3) is 0.565. The van der Waals surface area contributed by atoms with Crippen LogP contribution in [0.1, 0.15) is 43.7 Å². The fourth-order valence-corrected chi connectivity index (χ4v) is 4.11. The lowest BCUT2D eigenvalue weighted by molar-refractivity contribution is 0.119. The quantitative estimate of drug-likeness (QED) is 0.339. The van der Waals surface area contributed by atoms with Crippen LogP contribution >= 0.6 is 24.0 Å². The Balaban J connectivity index is 0.00000256. The lowest BCUT2D eigenvalue weighted by Gasteiger charge is -2.27. The van der Waals surface area contributed by atoms with Crippen LogP contribution in [0, 0.1) is 5.92 Å². The lowest BCUT2D eigenvalue weighted by atomic mass is 9.96. The molecule has 1 aliphatic carbocycles. The summed E-state index contributed by atoms with van der Waals surface area (Å²) in [6.45, 7) is 5.75. The normalized spacial score (nSPS) is 19.3. The summed E-state index contributed by atoms with van der Waals surface area (Å²) in [5.41, 5.74) is 2.49. The van der Waals surface area contributed by atoms with Crippen LogP contribution in [0.15, 0.2) is 41.7 Å². The molecule has 1 unspecified atom stereocenters. The molecule has 2 aromatic rings. The van der Waals surface area contributed by atoms with E-state index < -0.39 is 0 Å². The number of aliphatic imine (C=N–C) groups is 1. The number of likely N-dealkylation sites (tertiary alicyclic amines) is 1. The summed E-state index contributed by atoms with van der Waals surface area (Å²) in [7, 11) is 1.98. The molecule has 2 aliphatic rings. The lowest BCUT2D eigenvalue weighted by Crippen LogP contribution is -2.40. The van der Waals surface area contributed by atoms with Crippen LogP contribution in [0.5, 0.6) is 5.75 Å². The predicted octanol–water partition coefficient (Wildman–Crippen LogP) is 4.00. The van der Waals surface area contributed by atoms with E-state index in [4.69, 9.17) is 9.73 Å². The summed E-state index contributed by atoms with van der Waals surface area (Å²) in [4.78, 5) is 7.36. The highest BCUT2D eigenvalue weighted by Crippen LogP contribution is 2.28. The monoisotopic (exact) mass is 523 g/mol. The number of guanidine groups is 1. The molecule has 1 saturated heterocycles. The maximum Gasteiger partial charge on any atom is 0.194 e. The van der Waals surface area contributed by atoms with Crippen molar-refractivity contribution in [2.75, 3.05) is 19.6 Å². The molecule has 1 aliphatic heterocycles. The molecular formula is C23H34IN5O. The molecule has 2 fully saturated rings. The minimum absolute atomic E-state index is 0. The zero-order valence-corrected chi connectivity index (χ0v) is 20.4. The first-order valence-electron chi connectivity index (χ1n) is 11.0. The third-order valence-corrected chi connectivity index (χ3v) is 5.92. The van der Waals surface area contributed by atoms with Crippen LogP contribution in [0.2, 0.25) is 0 Å². The number of nitrogens with zero attached hydrogens (tertiary/aromatic N) is 4. The topological polar surface area (TPSA) is 54.7 Å². The Hall–Kier alpha value is -1.77. The Morgan fingerprint density at radius 3 is 2.80 bits per heavy atom. The van der Waals surface area contributed by atoms with Crippen molar-refractivity contribution in [3.8, 4) is 5.75 Å². The molecule has 0 radical (unpaired) electrons. The molecule has 1 aromatic carbocycles. The Morgan fingerprint density at radius 2 is 2.10 bits per heavy atom. The van der Waals surface area contributed by atoms with E-state index in [2.05, 4.69) is 52.7 Å². The smallest absolute Gasteiger partial charge is 0.194 e. The number of hydrogen-bond donors (Lipinski definition) is 1. The van der Waals surface area contributed by atoms with Gasteiger partial charge < -0.3 is 15.0 Å². The van der Waals surface area contributed by atoms with Gasteiger partial charge in [-0.05, 0) is 56.6 Å². The van der Waals surface area contributed by atoms with Crippen LogP contribution in [0.25, 0.3) is 0 Å². The number of aryl methyl sites for hydroxylation is 1. The highest BCUT2D eigenvalue weighted by atomic mass is 127. The van der Waals surface area contributed by atoms with Crippen molar-refractivity contribution in [2.45, 2.75) is 51.7 Å². The van der Waals surface area contributed by atoms with E-state index in [1.165, 1.54) is 36.8 Å². The highest BCUT2D eigenvalue weighted by molar-refractivity contribution is 14.0. The maximum absolute atomic E-state index is 6.17. The molecule has 1 atom stereocenters. The molecule has 30 heavy (non-hydrogen) atoms. The molecule has 1 aromatic heterocycles. The number of halogens is 1. The SMILES string of the molecule is CCNC(=NCc1ccccc1OC1CCC1)N1CCC(Cc2cnn(C)c2)C1.I. The second-order valence-corrected chi connectivity index (χ2v) is 8.28. The molecule has 2 heterocycles. The number of hydrogen-bond acceptors (Lipinski definition) is 3. The van der Waals surface area contributed by atoms with Crippen LogP contribution < -0.4 is 10.1 Å². The van der Waals surface area contributed by atoms with Gasteiger partial charge in [0, 0.05) is 38.4 Å². The maximum atomic E-state index is 6.17. The van der Waals surface area contributed by atoms with Gasteiger partial charge >= 0.3 is 0 Å². The van der Waals surface area contributed by atoms with Crippen molar-refractivity contribution in [1.29, 1.82) is 0 Å². The van der Waals surface area contributed by atoms with Crippen molar-refractivity contribution in [3.63, 3.8) is 0 Å². The number of aromatic nitrogens is 2. The van der Waals surface area contributed by atoms with Crippen LogP contribution in [-0.2, 0) is 20.0 Å². The van der Waals surface area contributed by atoms with E-state index in [-0.39, 0.29) is 24.0 Å². The van der Waals surface area contributed by atoms with Gasteiger partial charge in [-0.25, -0.2) is 4.99 Å². The Morgan fingerprint density at radius 1 is 1.27 bits per heavy atom. The van der Waals surface area contributed by atoms with Gasteiger partial charge in [0.25, 0.3) is 0 Å². The van der Waals surface area contributed by atoms with Gasteiger partial charge in [0.05, 0.1) is 18.8 Å². The Bertz CT molecular complexity index is 833. The molecule has 0 spiro atoms. The van der Waals surface area contributed by atoms with Gasteiger partial charge in [-0.1, -0.05) is 18.2 Å². The molecule has 6 nitrogen and oxygen atoms in total. The van der Waals surface area contributed by atoms with Crippen molar-refractivity contribution in [3.05, 3.63) is 47.8 Å². The summed E-state index contributed by atoms with van der Waals surface area (Å²) < 4.78 is 8.06. The summed E-state index contributed by atoms with van der Waals surface area (Å²) >= 11 is 0. The number of rotatable bonds is 7. The standard InChI is InChI=1S/C23H33N5O.HI/c1-3-24-23(28-12-11-18(17-28)13-19-14-26-27(2)16-19)25-15-20-7-4-5-10-22(20)29-21-8-6-9-21;/h4-5,7,10,14,16,18,21H,3,6,8-9,11-13,15,17H2,1-2H3,(H,24,25);1H. The van der Waals surface area contributed by atoms with Crippen LogP contribution in [0.4, 0.5) is 0 Å². The minimum Gasteiger partial charge on any atom is -0.490 e. The van der Waals surface area contributed by atoms with Gasteiger partial charge in [0.1, 0.15) is 5.75 Å². The summed E-state index contributed by atoms with van der Waals surface area (Å²) in [6, 6.07) is 8.34. The first-order chi connectivity index (χ1) is 14.2. The first kappa shape index (κ1) is 22.9. The van der Waals surface area contributed by atoms with Gasteiger partial charge in [-0.3, -0.25) is 4.68 Å². The molecule has 1 N–H and O–H groups in total. The second-order valence-electron chi connectivity index (χ2n) is 8.28. The summed E-state index contributed by atoms with van der Waals surface area (Å²) in [6.07, 6.45) is 10.4. The third-order valence-electron chi connectivity index (χ3n) is 5.92. The number of ether oxygens (including phenoxy) is 1. The van der Waals surface area contributed by atoms with E-state index in [1.807, 2.05) is 17.9 Å². The molecule has 164 valence electrons. The first-order valence-corrected chi connectivity index (χ1v) is 11.0. The number of nitrogens with one attached hydrogen (secondary N) is 1. The van der Waals surface area contributed by atoms with Crippen LogP contribution in [-0.4, -0.2) is 46.4 Å². The van der Waals surface area contributed by atoms with E-state index in [0.717, 1.165) is 37.8 Å². The zero-order chi connectivity index (χ0) is 20.1. The zero-order valence-electron chi connectivity index (χ0n) is 18.1. The molecule has 7 heteroatoms. The average molecular weight is 523 g/mol. The van der Waals surface area contributed by atoms with Crippen LogP contribution in [0.3, 0.4) is 0 Å². The van der Waals surface area contributed by atoms with E-state index in [0.29, 0.717) is 18.6 Å². The fourth-order valence-electron chi connectivity index (χ4n) is 4.11. The molecular weight excluding hydrogens is 489 g/mol. The van der Waals surface area contributed by atoms with Crippen molar-refractivity contribution >= 4 is 29.9 Å². The van der Waals surface area contributed by atoms with Gasteiger partial charge in [0.2, 0.25) is 0 Å². The molecule has 0 bridgehead atoms. The molecule has 4 rings (SSSR count). The largest absolute Gasteiger partial charge is 0.490 e. The number of para-hydroxylation sites is 1. The molecule has 0 amide bonds.